The van der Waals surface area contributed by atoms with Crippen molar-refractivity contribution in [2.75, 3.05) is 26.3 Å². The minimum atomic E-state index is -0.363. The number of carbonyl (C=O) groups is 1. The third-order valence-corrected chi connectivity index (χ3v) is 4.90. The van der Waals surface area contributed by atoms with E-state index in [-0.39, 0.29) is 11.7 Å². The van der Waals surface area contributed by atoms with E-state index >= 15 is 0 Å². The van der Waals surface area contributed by atoms with Crippen molar-refractivity contribution in [1.82, 2.24) is 4.90 Å². The van der Waals surface area contributed by atoms with Crippen molar-refractivity contribution in [1.29, 1.82) is 0 Å². The fourth-order valence-electron chi connectivity index (χ4n) is 3.13. The highest BCUT2D eigenvalue weighted by Crippen LogP contribution is 2.27. The lowest BCUT2D eigenvalue weighted by Crippen LogP contribution is -2.42. The number of amides is 1. The van der Waals surface area contributed by atoms with E-state index in [2.05, 4.69) is 6.92 Å². The fraction of sp³-hybridized carbons (Fsp3) is 0.941. The number of likely N-dealkylation sites (tertiary alicyclic amines) is 1. The Balaban J connectivity index is 1.72. The molecule has 0 atom stereocenters. The van der Waals surface area contributed by atoms with Crippen molar-refractivity contribution in [3.05, 3.63) is 0 Å². The molecule has 2 aliphatic heterocycles. The second-order valence-electron chi connectivity index (χ2n) is 7.39. The summed E-state index contributed by atoms with van der Waals surface area (Å²) in [7, 11) is 0. The number of rotatable bonds is 4. The van der Waals surface area contributed by atoms with Gasteiger partial charge in [0.15, 0.2) is 0 Å². The average molecular weight is 297 g/mol. The molecular weight excluding hydrogens is 266 g/mol. The smallest absolute Gasteiger partial charge is 0.410 e. The highest BCUT2D eigenvalue weighted by molar-refractivity contribution is 5.68. The molecule has 0 radical (unpaired) electrons. The zero-order chi connectivity index (χ0) is 15.3. The molecule has 0 spiro atoms. The number of hydrogen-bond acceptors (Lipinski definition) is 3. The van der Waals surface area contributed by atoms with Crippen LogP contribution in [0.4, 0.5) is 4.79 Å². The third-order valence-electron chi connectivity index (χ3n) is 4.90. The van der Waals surface area contributed by atoms with Crippen LogP contribution in [0.3, 0.4) is 0 Å². The molecule has 2 fully saturated rings. The van der Waals surface area contributed by atoms with Crippen LogP contribution in [0, 0.1) is 11.8 Å². The Bertz CT molecular complexity index is 329. The Morgan fingerprint density at radius 2 is 1.81 bits per heavy atom. The summed E-state index contributed by atoms with van der Waals surface area (Å²) in [5, 5.41) is 0. The first-order chi connectivity index (χ1) is 9.96. The van der Waals surface area contributed by atoms with Gasteiger partial charge in [-0.15, -0.1) is 0 Å². The van der Waals surface area contributed by atoms with Gasteiger partial charge in [0.25, 0.3) is 0 Å². The van der Waals surface area contributed by atoms with Crippen LogP contribution in [0.1, 0.15) is 59.3 Å². The van der Waals surface area contributed by atoms with Crippen molar-refractivity contribution in [2.45, 2.75) is 64.9 Å². The van der Waals surface area contributed by atoms with Gasteiger partial charge in [-0.2, -0.15) is 0 Å². The predicted octanol–water partition coefficient (Wildman–Crippen LogP) is 3.84. The summed E-state index contributed by atoms with van der Waals surface area (Å²) in [4.78, 5) is 14.1. The van der Waals surface area contributed by atoms with Gasteiger partial charge in [0.05, 0.1) is 0 Å². The molecule has 0 bridgehead atoms. The van der Waals surface area contributed by atoms with E-state index in [1.54, 1.807) is 0 Å². The zero-order valence-corrected chi connectivity index (χ0v) is 13.9. The molecule has 21 heavy (non-hydrogen) atoms. The van der Waals surface area contributed by atoms with E-state index < -0.39 is 0 Å². The van der Waals surface area contributed by atoms with Gasteiger partial charge in [0.2, 0.25) is 0 Å². The summed E-state index contributed by atoms with van der Waals surface area (Å²) < 4.78 is 11.2. The molecule has 0 aromatic carbocycles. The molecular formula is C17H31NO3. The van der Waals surface area contributed by atoms with E-state index in [1.807, 2.05) is 18.7 Å². The monoisotopic (exact) mass is 297 g/mol. The zero-order valence-electron chi connectivity index (χ0n) is 13.9. The van der Waals surface area contributed by atoms with Gasteiger partial charge in [0, 0.05) is 26.3 Å². The lowest BCUT2D eigenvalue weighted by atomic mass is 9.90. The van der Waals surface area contributed by atoms with Crippen molar-refractivity contribution in [2.24, 2.45) is 11.8 Å². The van der Waals surface area contributed by atoms with E-state index in [0.717, 1.165) is 76.7 Å². The molecule has 4 nitrogen and oxygen atoms in total. The minimum absolute atomic E-state index is 0.126. The van der Waals surface area contributed by atoms with E-state index in [1.165, 1.54) is 0 Å². The number of ether oxygens (including phenoxy) is 2. The van der Waals surface area contributed by atoms with Crippen LogP contribution >= 0.6 is 0 Å². The first-order valence-electron chi connectivity index (χ1n) is 8.52. The molecule has 0 aliphatic carbocycles. The number of carbonyl (C=O) groups excluding carboxylic acids is 1. The summed E-state index contributed by atoms with van der Waals surface area (Å²) in [6.45, 7) is 9.79. The van der Waals surface area contributed by atoms with Gasteiger partial charge in [-0.05, 0) is 64.2 Å². The normalized spacial score (nSPS) is 22.3. The first-order valence-corrected chi connectivity index (χ1v) is 8.52. The predicted molar refractivity (Wildman–Crippen MR) is 83.3 cm³/mol. The summed E-state index contributed by atoms with van der Waals surface area (Å²) in [6.07, 6.45) is 6.42. The quantitative estimate of drug-likeness (QED) is 0.791. The van der Waals surface area contributed by atoms with E-state index in [0.29, 0.717) is 0 Å². The molecule has 1 amide bonds. The molecule has 0 aromatic heterocycles. The van der Waals surface area contributed by atoms with E-state index in [4.69, 9.17) is 9.47 Å². The minimum Gasteiger partial charge on any atom is -0.443 e. The van der Waals surface area contributed by atoms with Crippen LogP contribution in [0.25, 0.3) is 0 Å². The first kappa shape index (κ1) is 16.6. The Kier molecular flexibility index (Phi) is 5.91. The summed E-state index contributed by atoms with van der Waals surface area (Å²) >= 11 is 0. The van der Waals surface area contributed by atoms with Crippen LogP contribution in [-0.4, -0.2) is 42.9 Å². The van der Waals surface area contributed by atoms with Crippen LogP contribution in [0.5, 0.6) is 0 Å². The average Bonchev–Trinajstić information content (AvgIpc) is 2.46. The maximum Gasteiger partial charge on any atom is 0.410 e. The molecule has 2 heterocycles. The largest absolute Gasteiger partial charge is 0.443 e. The molecule has 0 N–H and O–H groups in total. The molecule has 2 saturated heterocycles. The summed E-state index contributed by atoms with van der Waals surface area (Å²) in [6, 6.07) is 0. The SMILES string of the molecule is CC1CCN(C(=O)OC(C)(C)CCC2CCOCC2)CC1. The topological polar surface area (TPSA) is 38.8 Å². The number of hydrogen-bond donors (Lipinski definition) is 0. The van der Waals surface area contributed by atoms with Crippen molar-refractivity contribution >= 4 is 6.09 Å². The molecule has 122 valence electrons. The second kappa shape index (κ2) is 7.48. The maximum absolute atomic E-state index is 12.3. The standard InChI is InChI=1S/C17H31NO3/c1-14-5-10-18(11-6-14)16(19)21-17(2,3)9-4-15-7-12-20-13-8-15/h14-15H,4-13H2,1-3H3. The second-order valence-corrected chi connectivity index (χ2v) is 7.39. The summed E-state index contributed by atoms with van der Waals surface area (Å²) in [5.41, 5.74) is -0.363. The Hall–Kier alpha value is -0.770. The lowest BCUT2D eigenvalue weighted by molar-refractivity contribution is -0.00515. The molecule has 0 aromatic rings. The number of piperidine rings is 1. The lowest BCUT2D eigenvalue weighted by Gasteiger charge is -2.34. The molecule has 2 rings (SSSR count). The van der Waals surface area contributed by atoms with Crippen LogP contribution in [0.2, 0.25) is 0 Å². The van der Waals surface area contributed by atoms with Crippen LogP contribution < -0.4 is 0 Å². The van der Waals surface area contributed by atoms with Gasteiger partial charge < -0.3 is 14.4 Å². The highest BCUT2D eigenvalue weighted by Gasteiger charge is 2.29. The molecule has 4 heteroatoms. The summed E-state index contributed by atoms with van der Waals surface area (Å²) in [5.74, 6) is 1.46. The Morgan fingerprint density at radius 3 is 2.43 bits per heavy atom. The molecule has 2 aliphatic rings. The van der Waals surface area contributed by atoms with Crippen molar-refractivity contribution < 1.29 is 14.3 Å². The Morgan fingerprint density at radius 1 is 1.19 bits per heavy atom. The fourth-order valence-corrected chi connectivity index (χ4v) is 3.13. The Labute approximate surface area is 129 Å². The number of nitrogens with zero attached hydrogens (tertiary/aromatic N) is 1. The maximum atomic E-state index is 12.3. The van der Waals surface area contributed by atoms with Crippen LogP contribution in [-0.2, 0) is 9.47 Å². The molecule has 0 unspecified atom stereocenters. The van der Waals surface area contributed by atoms with E-state index in [9.17, 15) is 4.79 Å². The van der Waals surface area contributed by atoms with Crippen molar-refractivity contribution in [3.8, 4) is 0 Å². The highest BCUT2D eigenvalue weighted by atomic mass is 16.6. The third kappa shape index (κ3) is 5.50. The van der Waals surface area contributed by atoms with Gasteiger partial charge in [-0.1, -0.05) is 6.92 Å². The van der Waals surface area contributed by atoms with Gasteiger partial charge in [0.1, 0.15) is 5.60 Å². The molecule has 0 saturated carbocycles. The van der Waals surface area contributed by atoms with Crippen molar-refractivity contribution in [3.63, 3.8) is 0 Å². The van der Waals surface area contributed by atoms with Crippen LogP contribution in [0.15, 0.2) is 0 Å². The van der Waals surface area contributed by atoms with Gasteiger partial charge in [-0.3, -0.25) is 0 Å². The van der Waals surface area contributed by atoms with Gasteiger partial charge in [-0.25, -0.2) is 4.79 Å². The van der Waals surface area contributed by atoms with Gasteiger partial charge >= 0.3 is 6.09 Å².